The number of benzene rings is 1. The largest absolute Gasteiger partial charge is 0.494 e. The molecule has 108 valence electrons. The van der Waals surface area contributed by atoms with Gasteiger partial charge in [-0.3, -0.25) is 0 Å². The molecule has 1 aliphatic heterocycles. The van der Waals surface area contributed by atoms with Crippen molar-refractivity contribution in [2.24, 2.45) is 0 Å². The second kappa shape index (κ2) is 6.96. The summed E-state index contributed by atoms with van der Waals surface area (Å²) in [7, 11) is 0. The molecule has 6 nitrogen and oxygen atoms in total. The zero-order chi connectivity index (χ0) is 14.4. The Morgan fingerprint density at radius 3 is 2.85 bits per heavy atom. The molecule has 6 heteroatoms. The van der Waals surface area contributed by atoms with E-state index in [1.807, 2.05) is 32.0 Å². The van der Waals surface area contributed by atoms with Crippen LogP contribution in [0, 0.1) is 5.39 Å². The summed E-state index contributed by atoms with van der Waals surface area (Å²) in [6.45, 7) is 6.62. The first-order valence-corrected chi connectivity index (χ1v) is 6.89. The molecule has 1 atom stereocenters. The van der Waals surface area contributed by atoms with Gasteiger partial charge in [-0.1, -0.05) is 0 Å². The molecule has 0 aromatic heterocycles. The maximum Gasteiger partial charge on any atom is 0.306 e. The summed E-state index contributed by atoms with van der Waals surface area (Å²) < 4.78 is 16.7. The normalized spacial score (nSPS) is 18.4. The predicted molar refractivity (Wildman–Crippen MR) is 74.1 cm³/mol. The van der Waals surface area contributed by atoms with Crippen molar-refractivity contribution in [3.63, 3.8) is 0 Å². The molecular formula is C14H20N3O3+. The SMILES string of the molecule is CCOc1ccc(C2COCCN2[N+]#N)c(OCC)c1. The van der Waals surface area contributed by atoms with Crippen molar-refractivity contribution in [1.82, 2.24) is 5.01 Å². The Morgan fingerprint density at radius 1 is 1.35 bits per heavy atom. The van der Waals surface area contributed by atoms with Gasteiger partial charge in [-0.15, -0.1) is 0 Å². The smallest absolute Gasteiger partial charge is 0.306 e. The number of hydrogen-bond donors (Lipinski definition) is 0. The zero-order valence-electron chi connectivity index (χ0n) is 11.9. The lowest BCUT2D eigenvalue weighted by molar-refractivity contribution is 0.0117. The molecule has 2 rings (SSSR count). The number of diazo groups is 1. The van der Waals surface area contributed by atoms with E-state index < -0.39 is 0 Å². The van der Waals surface area contributed by atoms with Crippen LogP contribution < -0.4 is 9.47 Å². The van der Waals surface area contributed by atoms with Crippen LogP contribution >= 0.6 is 0 Å². The summed E-state index contributed by atoms with van der Waals surface area (Å²) in [6, 6.07) is 5.55. The van der Waals surface area contributed by atoms with Crippen molar-refractivity contribution in [2.45, 2.75) is 19.9 Å². The Labute approximate surface area is 118 Å². The molecule has 1 aromatic rings. The first-order chi connectivity index (χ1) is 9.80. The van der Waals surface area contributed by atoms with Gasteiger partial charge in [0.15, 0.2) is 6.04 Å². The molecule has 1 aromatic carbocycles. The third-order valence-electron chi connectivity index (χ3n) is 3.17. The third-order valence-corrected chi connectivity index (χ3v) is 3.17. The summed E-state index contributed by atoms with van der Waals surface area (Å²) in [4.78, 5) is 0. The maximum absolute atomic E-state index is 9.11. The molecule has 0 aliphatic carbocycles. The average molecular weight is 278 g/mol. The van der Waals surface area contributed by atoms with Gasteiger partial charge < -0.3 is 14.2 Å². The van der Waals surface area contributed by atoms with Gasteiger partial charge in [0, 0.05) is 11.6 Å². The van der Waals surface area contributed by atoms with Gasteiger partial charge in [-0.25, -0.2) is 0 Å². The molecule has 20 heavy (non-hydrogen) atoms. The van der Waals surface area contributed by atoms with Gasteiger partial charge >= 0.3 is 5.08 Å². The van der Waals surface area contributed by atoms with Crippen LogP contribution in [0.15, 0.2) is 18.2 Å². The number of nitrogens with zero attached hydrogens (tertiary/aromatic N) is 3. The molecule has 0 spiro atoms. The van der Waals surface area contributed by atoms with Gasteiger partial charge in [0.2, 0.25) is 0 Å². The van der Waals surface area contributed by atoms with Crippen LogP contribution in [-0.2, 0) is 4.74 Å². The summed E-state index contributed by atoms with van der Waals surface area (Å²) in [6.07, 6.45) is 0. The van der Waals surface area contributed by atoms with Gasteiger partial charge in [-0.05, 0) is 31.0 Å². The molecule has 0 N–H and O–H groups in total. The van der Waals surface area contributed by atoms with Gasteiger partial charge in [0.1, 0.15) is 18.0 Å². The Bertz CT molecular complexity index is 487. The minimum Gasteiger partial charge on any atom is -0.494 e. The lowest BCUT2D eigenvalue weighted by Gasteiger charge is -2.25. The lowest BCUT2D eigenvalue weighted by atomic mass is 10.0. The molecule has 1 heterocycles. The summed E-state index contributed by atoms with van der Waals surface area (Å²) in [5.74, 6) is 1.51. The molecular weight excluding hydrogens is 258 g/mol. The number of morpholine rings is 1. The lowest BCUT2D eigenvalue weighted by Crippen LogP contribution is -2.35. The Hall–Kier alpha value is -2.00. The van der Waals surface area contributed by atoms with E-state index >= 15 is 0 Å². The van der Waals surface area contributed by atoms with Crippen molar-refractivity contribution in [2.75, 3.05) is 33.0 Å². The Kier molecular flexibility index (Phi) is 5.02. The molecule has 0 radical (unpaired) electrons. The minimum absolute atomic E-state index is 0.147. The monoisotopic (exact) mass is 278 g/mol. The fourth-order valence-electron chi connectivity index (χ4n) is 2.28. The predicted octanol–water partition coefficient (Wildman–Crippen LogP) is 2.63. The van der Waals surface area contributed by atoms with Gasteiger partial charge in [0.25, 0.3) is 5.39 Å². The third kappa shape index (κ3) is 3.11. The summed E-state index contributed by atoms with van der Waals surface area (Å²) in [5, 5.41) is 14.1. The first-order valence-electron chi connectivity index (χ1n) is 6.89. The number of ether oxygens (including phenoxy) is 3. The maximum atomic E-state index is 9.11. The van der Waals surface area contributed by atoms with Crippen molar-refractivity contribution < 1.29 is 14.2 Å². The standard InChI is InChI=1S/C14H20N3O3/c1-3-19-11-5-6-12(14(9-11)20-4-2)13-10-18-8-7-17(13)16-15/h5-6,9,13H,3-4,7-8,10H2,1-2H3/q+1. The van der Waals surface area contributed by atoms with Crippen molar-refractivity contribution >= 4 is 0 Å². The number of rotatable bonds is 5. The fourth-order valence-corrected chi connectivity index (χ4v) is 2.28. The Morgan fingerprint density at radius 2 is 2.15 bits per heavy atom. The molecule has 0 saturated carbocycles. The van der Waals surface area contributed by atoms with Crippen LogP contribution in [0.2, 0.25) is 0 Å². The van der Waals surface area contributed by atoms with Gasteiger partial charge in [-0.2, -0.15) is 0 Å². The van der Waals surface area contributed by atoms with E-state index in [1.165, 1.54) is 0 Å². The average Bonchev–Trinajstić information content (AvgIpc) is 2.48. The highest BCUT2D eigenvalue weighted by atomic mass is 16.5. The zero-order valence-corrected chi connectivity index (χ0v) is 11.9. The molecule has 0 amide bonds. The van der Waals surface area contributed by atoms with Gasteiger partial charge in [0.05, 0.1) is 26.4 Å². The van der Waals surface area contributed by atoms with Crippen LogP contribution in [0.25, 0.3) is 5.08 Å². The summed E-state index contributed by atoms with van der Waals surface area (Å²) >= 11 is 0. The van der Waals surface area contributed by atoms with Crippen LogP contribution in [0.3, 0.4) is 0 Å². The van der Waals surface area contributed by atoms with E-state index in [0.717, 1.165) is 17.1 Å². The topological polar surface area (TPSA) is 59.1 Å². The molecule has 1 fully saturated rings. The van der Waals surface area contributed by atoms with Crippen LogP contribution in [0.4, 0.5) is 0 Å². The molecule has 0 bridgehead atoms. The number of hydrogen-bond acceptors (Lipinski definition) is 5. The van der Waals surface area contributed by atoms with E-state index in [0.29, 0.717) is 33.0 Å². The second-order valence-electron chi connectivity index (χ2n) is 4.41. The quantitative estimate of drug-likeness (QED) is 0.775. The van der Waals surface area contributed by atoms with Crippen LogP contribution in [0.1, 0.15) is 25.5 Å². The van der Waals surface area contributed by atoms with E-state index in [4.69, 9.17) is 19.6 Å². The highest BCUT2D eigenvalue weighted by molar-refractivity contribution is 5.43. The highest BCUT2D eigenvalue weighted by Gasteiger charge is 2.34. The van der Waals surface area contributed by atoms with E-state index in [-0.39, 0.29) is 6.04 Å². The minimum atomic E-state index is -0.147. The van der Waals surface area contributed by atoms with Crippen molar-refractivity contribution in [3.05, 3.63) is 28.8 Å². The first kappa shape index (κ1) is 14.4. The summed E-state index contributed by atoms with van der Waals surface area (Å²) in [5.41, 5.74) is 0.938. The van der Waals surface area contributed by atoms with Crippen molar-refractivity contribution in [3.8, 4) is 11.5 Å². The molecule has 1 aliphatic rings. The van der Waals surface area contributed by atoms with E-state index in [1.54, 1.807) is 5.01 Å². The Balaban J connectivity index is 2.31. The van der Waals surface area contributed by atoms with E-state index in [9.17, 15) is 0 Å². The molecule has 1 unspecified atom stereocenters. The highest BCUT2D eigenvalue weighted by Crippen LogP contribution is 2.34. The second-order valence-corrected chi connectivity index (χ2v) is 4.41. The van der Waals surface area contributed by atoms with E-state index in [2.05, 4.69) is 5.08 Å². The fraction of sp³-hybridized carbons (Fsp3) is 0.571. The molecule has 1 saturated heterocycles. The van der Waals surface area contributed by atoms with Crippen molar-refractivity contribution in [1.29, 1.82) is 5.39 Å². The van der Waals surface area contributed by atoms with Crippen LogP contribution in [-0.4, -0.2) is 38.0 Å². The van der Waals surface area contributed by atoms with Crippen LogP contribution in [0.5, 0.6) is 11.5 Å².